The van der Waals surface area contributed by atoms with Crippen LogP contribution < -0.4 is 28.4 Å². The highest BCUT2D eigenvalue weighted by Gasteiger charge is 2.24. The summed E-state index contributed by atoms with van der Waals surface area (Å²) in [6, 6.07) is 7.60. The Morgan fingerprint density at radius 2 is 1.14 bits per heavy atom. The van der Waals surface area contributed by atoms with Gasteiger partial charge in [-0.15, -0.1) is 0 Å². The van der Waals surface area contributed by atoms with Gasteiger partial charge in [-0.3, -0.25) is 0 Å². The molecule has 0 bridgehead atoms. The quantitative estimate of drug-likeness (QED) is 0.869. The van der Waals surface area contributed by atoms with Gasteiger partial charge in [0.05, 0.1) is 14.2 Å². The van der Waals surface area contributed by atoms with Crippen LogP contribution in [0.5, 0.6) is 34.5 Å². The maximum Gasteiger partial charge on any atom is 0.231 e. The van der Waals surface area contributed by atoms with Crippen molar-refractivity contribution in [1.82, 2.24) is 0 Å². The van der Waals surface area contributed by atoms with E-state index in [2.05, 4.69) is 0 Å². The first kappa shape index (κ1) is 12.9. The predicted octanol–water partition coefficient (Wildman–Crippen LogP) is 2.83. The molecule has 0 spiro atoms. The van der Waals surface area contributed by atoms with Crippen LogP contribution in [0.2, 0.25) is 0 Å². The van der Waals surface area contributed by atoms with Gasteiger partial charge in [-0.1, -0.05) is 0 Å². The molecule has 0 aromatic heterocycles. The summed E-state index contributed by atoms with van der Waals surface area (Å²) < 4.78 is 32.5. The van der Waals surface area contributed by atoms with Crippen molar-refractivity contribution in [1.29, 1.82) is 0 Å². The van der Waals surface area contributed by atoms with Crippen molar-refractivity contribution < 1.29 is 28.4 Å². The molecule has 4 rings (SSSR count). The molecular weight excluding hydrogens is 288 g/mol. The van der Waals surface area contributed by atoms with Crippen molar-refractivity contribution in [3.63, 3.8) is 0 Å². The zero-order valence-electron chi connectivity index (χ0n) is 12.2. The summed E-state index contributed by atoms with van der Waals surface area (Å²) in [4.78, 5) is 0. The molecule has 2 heterocycles. The molecule has 2 aliphatic rings. The summed E-state index contributed by atoms with van der Waals surface area (Å²) in [5, 5.41) is 0. The first-order chi connectivity index (χ1) is 10.8. The number of rotatable bonds is 3. The van der Waals surface area contributed by atoms with Gasteiger partial charge >= 0.3 is 0 Å². The van der Waals surface area contributed by atoms with Crippen molar-refractivity contribution in [3.8, 4) is 45.6 Å². The molecule has 0 radical (unpaired) electrons. The Bertz CT molecular complexity index is 676. The molecule has 0 saturated carbocycles. The summed E-state index contributed by atoms with van der Waals surface area (Å²) in [6.45, 7) is 0.388. The number of methoxy groups -OCH3 is 2. The monoisotopic (exact) mass is 302 g/mol. The molecule has 6 nitrogen and oxygen atoms in total. The molecule has 6 heteroatoms. The van der Waals surface area contributed by atoms with Gasteiger partial charge < -0.3 is 28.4 Å². The summed E-state index contributed by atoms with van der Waals surface area (Å²) in [5.41, 5.74) is 1.83. The highest BCUT2D eigenvalue weighted by molar-refractivity contribution is 5.75. The van der Waals surface area contributed by atoms with E-state index < -0.39 is 0 Å². The Balaban J connectivity index is 1.86. The van der Waals surface area contributed by atoms with Gasteiger partial charge in [0.2, 0.25) is 25.1 Å². The SMILES string of the molecule is COc1cc(-c2cc(OC)c3c(c2)OCO3)cc2c1OCO2. The highest BCUT2D eigenvalue weighted by atomic mass is 16.7. The maximum absolute atomic E-state index is 5.46. The maximum atomic E-state index is 5.46. The summed E-state index contributed by atoms with van der Waals surface area (Å²) >= 11 is 0. The van der Waals surface area contributed by atoms with E-state index in [1.807, 2.05) is 24.3 Å². The second-order valence-corrected chi connectivity index (χ2v) is 4.82. The molecule has 0 atom stereocenters. The predicted molar refractivity (Wildman–Crippen MR) is 77.2 cm³/mol. The number of ether oxygens (including phenoxy) is 6. The lowest BCUT2D eigenvalue weighted by Gasteiger charge is -2.11. The standard InChI is InChI=1S/C16H14O6/c1-17-11-3-9(5-13-15(11)21-7-19-13)10-4-12(18-2)16-14(6-10)20-8-22-16/h3-6H,7-8H2,1-2H3. The molecule has 0 aliphatic carbocycles. The largest absolute Gasteiger partial charge is 0.493 e. The van der Waals surface area contributed by atoms with Gasteiger partial charge in [0, 0.05) is 0 Å². The topological polar surface area (TPSA) is 55.4 Å². The fourth-order valence-electron chi connectivity index (χ4n) is 2.59. The van der Waals surface area contributed by atoms with Crippen LogP contribution >= 0.6 is 0 Å². The minimum atomic E-state index is 0.194. The van der Waals surface area contributed by atoms with Crippen LogP contribution in [0, 0.1) is 0 Å². The average Bonchev–Trinajstić information content (AvgIpc) is 3.21. The van der Waals surface area contributed by atoms with Gasteiger partial charge in [0.15, 0.2) is 23.0 Å². The fourth-order valence-corrected chi connectivity index (χ4v) is 2.59. The van der Waals surface area contributed by atoms with Crippen LogP contribution in [0.15, 0.2) is 24.3 Å². The Kier molecular flexibility index (Phi) is 2.89. The van der Waals surface area contributed by atoms with Crippen LogP contribution in [0.25, 0.3) is 11.1 Å². The third kappa shape index (κ3) is 1.88. The van der Waals surface area contributed by atoms with Crippen LogP contribution in [-0.4, -0.2) is 27.8 Å². The molecule has 22 heavy (non-hydrogen) atoms. The summed E-state index contributed by atoms with van der Waals surface area (Å²) in [6.07, 6.45) is 0. The lowest BCUT2D eigenvalue weighted by Crippen LogP contribution is -1.93. The lowest BCUT2D eigenvalue weighted by molar-refractivity contribution is 0.171. The van der Waals surface area contributed by atoms with Crippen molar-refractivity contribution in [3.05, 3.63) is 24.3 Å². The smallest absolute Gasteiger partial charge is 0.231 e. The molecule has 114 valence electrons. The van der Waals surface area contributed by atoms with Crippen molar-refractivity contribution in [2.45, 2.75) is 0 Å². The third-order valence-electron chi connectivity index (χ3n) is 3.65. The summed E-state index contributed by atoms with van der Waals surface area (Å²) in [7, 11) is 3.20. The first-order valence-electron chi connectivity index (χ1n) is 6.76. The molecular formula is C16H14O6. The number of hydrogen-bond acceptors (Lipinski definition) is 6. The Morgan fingerprint density at radius 1 is 0.682 bits per heavy atom. The molecule has 0 N–H and O–H groups in total. The van der Waals surface area contributed by atoms with Crippen LogP contribution in [0.1, 0.15) is 0 Å². The second kappa shape index (κ2) is 4.91. The molecule has 0 fully saturated rings. The van der Waals surface area contributed by atoms with Crippen molar-refractivity contribution >= 4 is 0 Å². The van der Waals surface area contributed by atoms with Gasteiger partial charge in [-0.05, 0) is 35.4 Å². The Labute approximate surface area is 127 Å². The average molecular weight is 302 g/mol. The minimum Gasteiger partial charge on any atom is -0.493 e. The minimum absolute atomic E-state index is 0.194. The second-order valence-electron chi connectivity index (χ2n) is 4.82. The molecule has 2 aromatic rings. The zero-order chi connectivity index (χ0) is 15.1. The van der Waals surface area contributed by atoms with Crippen molar-refractivity contribution in [2.24, 2.45) is 0 Å². The van der Waals surface area contributed by atoms with Crippen LogP contribution in [0.3, 0.4) is 0 Å². The molecule has 2 aliphatic heterocycles. The first-order valence-corrected chi connectivity index (χ1v) is 6.76. The van der Waals surface area contributed by atoms with E-state index in [1.54, 1.807) is 14.2 Å². The van der Waals surface area contributed by atoms with E-state index in [9.17, 15) is 0 Å². The number of benzene rings is 2. The van der Waals surface area contributed by atoms with Gasteiger partial charge in [0.1, 0.15) is 0 Å². The number of fused-ring (bicyclic) bond motifs is 2. The fraction of sp³-hybridized carbons (Fsp3) is 0.250. The molecule has 0 amide bonds. The molecule has 0 saturated heterocycles. The lowest BCUT2D eigenvalue weighted by atomic mass is 10.0. The van der Waals surface area contributed by atoms with Crippen LogP contribution in [0.4, 0.5) is 0 Å². The van der Waals surface area contributed by atoms with Gasteiger partial charge in [-0.25, -0.2) is 0 Å². The van der Waals surface area contributed by atoms with Crippen LogP contribution in [-0.2, 0) is 0 Å². The van der Waals surface area contributed by atoms with E-state index in [0.717, 1.165) is 11.1 Å². The van der Waals surface area contributed by atoms with Gasteiger partial charge in [-0.2, -0.15) is 0 Å². The number of hydrogen-bond donors (Lipinski definition) is 0. The molecule has 2 aromatic carbocycles. The van der Waals surface area contributed by atoms with E-state index >= 15 is 0 Å². The summed E-state index contributed by atoms with van der Waals surface area (Å²) in [5.74, 6) is 3.82. The van der Waals surface area contributed by atoms with E-state index in [1.165, 1.54) is 0 Å². The zero-order valence-corrected chi connectivity index (χ0v) is 12.2. The van der Waals surface area contributed by atoms with E-state index in [4.69, 9.17) is 28.4 Å². The highest BCUT2D eigenvalue weighted by Crippen LogP contribution is 2.48. The van der Waals surface area contributed by atoms with Gasteiger partial charge in [0.25, 0.3) is 0 Å². The Morgan fingerprint density at radius 3 is 1.55 bits per heavy atom. The normalized spacial score (nSPS) is 14.1. The Hall–Kier alpha value is -2.76. The van der Waals surface area contributed by atoms with Crippen molar-refractivity contribution in [2.75, 3.05) is 27.8 Å². The van der Waals surface area contributed by atoms with E-state index in [-0.39, 0.29) is 13.6 Å². The molecule has 0 unspecified atom stereocenters. The van der Waals surface area contributed by atoms with E-state index in [0.29, 0.717) is 34.5 Å². The third-order valence-corrected chi connectivity index (χ3v) is 3.65.